The Labute approximate surface area is 237 Å². The molecule has 0 aliphatic rings. The third-order valence-electron chi connectivity index (χ3n) is 7.07. The topological polar surface area (TPSA) is 108 Å². The molecule has 0 bridgehead atoms. The fourth-order valence-corrected chi connectivity index (χ4v) is 4.73. The van der Waals surface area contributed by atoms with E-state index in [1.807, 2.05) is 39.8 Å². The molecule has 3 N–H and O–H groups in total. The van der Waals surface area contributed by atoms with Gasteiger partial charge in [0.05, 0.1) is 12.5 Å². The molecule has 0 aliphatic carbocycles. The molecule has 0 spiro atoms. The van der Waals surface area contributed by atoms with Crippen molar-refractivity contribution in [2.45, 2.75) is 72.4 Å². The molecule has 0 saturated heterocycles. The highest BCUT2D eigenvalue weighted by Gasteiger charge is 2.35. The Balaban J connectivity index is 1.62. The molecule has 3 rings (SSSR count). The number of aryl methyl sites for hydroxylation is 2. The van der Waals surface area contributed by atoms with E-state index >= 15 is 0 Å². The number of hydrogen-bond acceptors (Lipinski definition) is 4. The van der Waals surface area contributed by atoms with Crippen LogP contribution in [0.25, 0.3) is 11.1 Å². The molecule has 0 saturated carbocycles. The van der Waals surface area contributed by atoms with Gasteiger partial charge in [-0.05, 0) is 66.8 Å². The molecule has 0 fully saturated rings. The molecule has 7 heteroatoms. The Hall–Kier alpha value is -4.00. The molecule has 0 unspecified atom stereocenters. The molecule has 1 heterocycles. The first-order valence-electron chi connectivity index (χ1n) is 13.8. The zero-order valence-electron chi connectivity index (χ0n) is 24.1. The summed E-state index contributed by atoms with van der Waals surface area (Å²) >= 11 is 0. The van der Waals surface area contributed by atoms with E-state index in [1.54, 1.807) is 18.5 Å². The predicted molar refractivity (Wildman–Crippen MR) is 157 cm³/mol. The van der Waals surface area contributed by atoms with Crippen LogP contribution < -0.4 is 10.6 Å². The number of benzene rings is 2. The highest BCUT2D eigenvalue weighted by Crippen LogP contribution is 2.24. The van der Waals surface area contributed by atoms with E-state index in [0.717, 1.165) is 28.7 Å². The van der Waals surface area contributed by atoms with Gasteiger partial charge in [-0.15, -0.1) is 0 Å². The minimum Gasteiger partial charge on any atom is -0.481 e. The van der Waals surface area contributed by atoms with E-state index in [0.29, 0.717) is 12.8 Å². The summed E-state index contributed by atoms with van der Waals surface area (Å²) in [5.41, 5.74) is 4.91. The average Bonchev–Trinajstić information content (AvgIpc) is 2.91. The minimum atomic E-state index is -1.04. The summed E-state index contributed by atoms with van der Waals surface area (Å²) in [5, 5.41) is 15.3. The van der Waals surface area contributed by atoms with Crippen molar-refractivity contribution in [1.82, 2.24) is 15.6 Å². The standard InChI is InChI=1S/C33H41N3O4/c1-22-9-6-11-26(19-22)25-16-14-24(15-17-25)10-7-12-27(20-29(37)38)31(39)36-30(33(3,4)5)32(40)35-23(2)28-13-8-18-34-21-28/h6,8-9,11,13-19,21,23,27,30H,7,10,12,20H2,1-5H3,(H,35,40)(H,36,39)(H,37,38)/t23-,27-,30-/m1/s1. The maximum atomic E-state index is 13.3. The van der Waals surface area contributed by atoms with Crippen LogP contribution in [0, 0.1) is 18.3 Å². The van der Waals surface area contributed by atoms with Gasteiger partial charge in [-0.2, -0.15) is 0 Å². The van der Waals surface area contributed by atoms with Crippen LogP contribution in [0.4, 0.5) is 0 Å². The van der Waals surface area contributed by atoms with E-state index < -0.39 is 29.3 Å². The van der Waals surface area contributed by atoms with Gasteiger partial charge in [-0.25, -0.2) is 0 Å². The molecule has 2 aromatic carbocycles. The molecule has 0 aliphatic heterocycles. The van der Waals surface area contributed by atoms with Gasteiger partial charge < -0.3 is 15.7 Å². The number of nitrogens with zero attached hydrogens (tertiary/aromatic N) is 1. The third kappa shape index (κ3) is 9.04. The fraction of sp³-hybridized carbons (Fsp3) is 0.394. The number of amides is 2. The summed E-state index contributed by atoms with van der Waals surface area (Å²) in [5.74, 6) is -2.51. The Morgan fingerprint density at radius 2 is 1.65 bits per heavy atom. The zero-order valence-corrected chi connectivity index (χ0v) is 24.1. The molecule has 0 radical (unpaired) electrons. The quantitative estimate of drug-likeness (QED) is 0.264. The van der Waals surface area contributed by atoms with Gasteiger partial charge in [0.2, 0.25) is 11.8 Å². The number of pyridine rings is 1. The van der Waals surface area contributed by atoms with Crippen LogP contribution in [0.5, 0.6) is 0 Å². The van der Waals surface area contributed by atoms with E-state index in [2.05, 4.69) is 65.0 Å². The molecule has 3 atom stereocenters. The lowest BCUT2D eigenvalue weighted by Crippen LogP contribution is -2.55. The van der Waals surface area contributed by atoms with Crippen molar-refractivity contribution in [2.75, 3.05) is 0 Å². The van der Waals surface area contributed by atoms with E-state index in [1.165, 1.54) is 5.56 Å². The van der Waals surface area contributed by atoms with E-state index in [-0.39, 0.29) is 18.4 Å². The second-order valence-corrected chi connectivity index (χ2v) is 11.6. The number of carboxylic acids is 1. The lowest BCUT2D eigenvalue weighted by molar-refractivity contribution is -0.142. The normalized spacial score (nSPS) is 13.6. The molecular weight excluding hydrogens is 502 g/mol. The molecular formula is C33H41N3O4. The lowest BCUT2D eigenvalue weighted by Gasteiger charge is -2.32. The van der Waals surface area contributed by atoms with Gasteiger partial charge in [0.25, 0.3) is 0 Å². The molecule has 40 heavy (non-hydrogen) atoms. The van der Waals surface area contributed by atoms with Crippen LogP contribution >= 0.6 is 0 Å². The van der Waals surface area contributed by atoms with Crippen LogP contribution in [-0.2, 0) is 20.8 Å². The maximum Gasteiger partial charge on any atom is 0.304 e. The summed E-state index contributed by atoms with van der Waals surface area (Å²) in [6.07, 6.45) is 4.85. The average molecular weight is 544 g/mol. The van der Waals surface area contributed by atoms with Gasteiger partial charge in [-0.3, -0.25) is 19.4 Å². The van der Waals surface area contributed by atoms with Crippen LogP contribution in [0.3, 0.4) is 0 Å². The summed E-state index contributed by atoms with van der Waals surface area (Å²) < 4.78 is 0. The van der Waals surface area contributed by atoms with Gasteiger partial charge in [0.1, 0.15) is 6.04 Å². The monoisotopic (exact) mass is 543 g/mol. The Morgan fingerprint density at radius 3 is 2.25 bits per heavy atom. The molecule has 2 amide bonds. The summed E-state index contributed by atoms with van der Waals surface area (Å²) in [6.45, 7) is 9.55. The van der Waals surface area contributed by atoms with Crippen LogP contribution in [0.1, 0.15) is 69.7 Å². The lowest BCUT2D eigenvalue weighted by atomic mass is 9.85. The van der Waals surface area contributed by atoms with Crippen molar-refractivity contribution in [1.29, 1.82) is 0 Å². The predicted octanol–water partition coefficient (Wildman–Crippen LogP) is 5.88. The number of aliphatic carboxylic acids is 1. The first-order chi connectivity index (χ1) is 18.9. The smallest absolute Gasteiger partial charge is 0.304 e. The van der Waals surface area contributed by atoms with Gasteiger partial charge in [0.15, 0.2) is 0 Å². The second kappa shape index (κ2) is 13.9. The van der Waals surface area contributed by atoms with Gasteiger partial charge in [-0.1, -0.05) is 80.9 Å². The third-order valence-corrected chi connectivity index (χ3v) is 7.07. The van der Waals surface area contributed by atoms with E-state index in [9.17, 15) is 19.5 Å². The van der Waals surface area contributed by atoms with Crippen LogP contribution in [0.2, 0.25) is 0 Å². The SMILES string of the molecule is Cc1cccc(-c2ccc(CCC[C@H](CC(=O)O)C(=O)N[C@H](C(=O)N[C@H](C)c3cccnc3)C(C)(C)C)cc2)c1. The van der Waals surface area contributed by atoms with Crippen molar-refractivity contribution >= 4 is 17.8 Å². The van der Waals surface area contributed by atoms with Crippen molar-refractivity contribution < 1.29 is 19.5 Å². The number of carbonyl (C=O) groups is 3. The second-order valence-electron chi connectivity index (χ2n) is 11.6. The summed E-state index contributed by atoms with van der Waals surface area (Å²) in [7, 11) is 0. The number of hydrogen-bond donors (Lipinski definition) is 3. The largest absolute Gasteiger partial charge is 0.481 e. The first kappa shape index (κ1) is 30.5. The molecule has 1 aromatic heterocycles. The van der Waals surface area contributed by atoms with Gasteiger partial charge >= 0.3 is 5.97 Å². The minimum absolute atomic E-state index is 0.289. The van der Waals surface area contributed by atoms with Gasteiger partial charge in [0, 0.05) is 18.3 Å². The molecule has 7 nitrogen and oxygen atoms in total. The summed E-state index contributed by atoms with van der Waals surface area (Å²) in [6, 6.07) is 19.2. The van der Waals surface area contributed by atoms with Crippen molar-refractivity contribution in [3.05, 3.63) is 89.7 Å². The Kier molecular flexibility index (Phi) is 10.6. The molecule has 212 valence electrons. The number of nitrogens with one attached hydrogen (secondary N) is 2. The number of rotatable bonds is 12. The highest BCUT2D eigenvalue weighted by atomic mass is 16.4. The fourth-order valence-electron chi connectivity index (χ4n) is 4.73. The maximum absolute atomic E-state index is 13.3. The summed E-state index contributed by atoms with van der Waals surface area (Å²) in [4.78, 5) is 42.2. The number of carboxylic acid groups (broad SMARTS) is 1. The van der Waals surface area contributed by atoms with Crippen LogP contribution in [0.15, 0.2) is 73.1 Å². The number of carbonyl (C=O) groups excluding carboxylic acids is 2. The Bertz CT molecular complexity index is 1280. The Morgan fingerprint density at radius 1 is 0.925 bits per heavy atom. The highest BCUT2D eigenvalue weighted by molar-refractivity contribution is 5.90. The molecule has 3 aromatic rings. The van der Waals surface area contributed by atoms with Crippen LogP contribution in [-0.4, -0.2) is 33.9 Å². The zero-order chi connectivity index (χ0) is 29.3. The van der Waals surface area contributed by atoms with Crippen molar-refractivity contribution in [3.8, 4) is 11.1 Å². The van der Waals surface area contributed by atoms with E-state index in [4.69, 9.17) is 0 Å². The first-order valence-corrected chi connectivity index (χ1v) is 13.8. The van der Waals surface area contributed by atoms with Crippen molar-refractivity contribution in [2.24, 2.45) is 11.3 Å². The number of aromatic nitrogens is 1. The van der Waals surface area contributed by atoms with Crippen molar-refractivity contribution in [3.63, 3.8) is 0 Å².